The first-order valence-corrected chi connectivity index (χ1v) is 5.54. The zero-order valence-corrected chi connectivity index (χ0v) is 9.97. The molecule has 19 heavy (non-hydrogen) atoms. The van der Waals surface area contributed by atoms with Gasteiger partial charge in [0.05, 0.1) is 11.3 Å². The summed E-state index contributed by atoms with van der Waals surface area (Å²) in [4.78, 5) is 11.1. The van der Waals surface area contributed by atoms with E-state index in [0.717, 1.165) is 17.2 Å². The predicted octanol–water partition coefficient (Wildman–Crippen LogP) is 1.59. The van der Waals surface area contributed by atoms with E-state index in [-0.39, 0.29) is 5.69 Å². The Morgan fingerprint density at radius 1 is 1.37 bits per heavy atom. The Kier molecular flexibility index (Phi) is 3.50. The van der Waals surface area contributed by atoms with E-state index in [0.29, 0.717) is 18.3 Å². The van der Waals surface area contributed by atoms with E-state index < -0.39 is 23.2 Å². The summed E-state index contributed by atoms with van der Waals surface area (Å²) < 4.78 is 27.5. The maximum atomic E-state index is 13.3. The van der Waals surface area contributed by atoms with Gasteiger partial charge in [-0.1, -0.05) is 6.92 Å². The van der Waals surface area contributed by atoms with Gasteiger partial charge in [0, 0.05) is 12.5 Å². The Hall–Kier alpha value is -2.38. The van der Waals surface area contributed by atoms with E-state index in [1.807, 2.05) is 6.92 Å². The molecule has 1 heterocycles. The minimum absolute atomic E-state index is 0.0974. The van der Waals surface area contributed by atoms with Crippen molar-refractivity contribution in [3.05, 3.63) is 35.2 Å². The Balaban J connectivity index is 2.63. The number of hydrogen-bond donors (Lipinski definition) is 1. The van der Waals surface area contributed by atoms with Crippen molar-refractivity contribution in [3.63, 3.8) is 0 Å². The average Bonchev–Trinajstić information content (AvgIpc) is 2.80. The molecule has 0 amide bonds. The Labute approximate surface area is 106 Å². The van der Waals surface area contributed by atoms with Gasteiger partial charge in [0.1, 0.15) is 0 Å². The fourth-order valence-electron chi connectivity index (χ4n) is 1.66. The van der Waals surface area contributed by atoms with E-state index in [4.69, 9.17) is 5.11 Å². The molecule has 100 valence electrons. The van der Waals surface area contributed by atoms with Crippen molar-refractivity contribution in [3.8, 4) is 5.69 Å². The van der Waals surface area contributed by atoms with Crippen LogP contribution in [0.3, 0.4) is 0 Å². The standard InChI is InChI=1S/C11H10F2N4O2/c1-2-3-10-14-15-16-17(10)9-5-8(13)7(12)4-6(9)11(18)19/h4-5H,2-3H2,1H3,(H,18,19). The van der Waals surface area contributed by atoms with Gasteiger partial charge in [0.25, 0.3) is 0 Å². The van der Waals surface area contributed by atoms with Crippen LogP contribution in [0.4, 0.5) is 8.78 Å². The first-order valence-electron chi connectivity index (χ1n) is 5.54. The lowest BCUT2D eigenvalue weighted by Gasteiger charge is -2.08. The quantitative estimate of drug-likeness (QED) is 0.910. The molecule has 0 aliphatic rings. The molecule has 1 N–H and O–H groups in total. The van der Waals surface area contributed by atoms with Crippen LogP contribution in [0.2, 0.25) is 0 Å². The number of benzene rings is 1. The van der Waals surface area contributed by atoms with Crippen LogP contribution in [0.5, 0.6) is 0 Å². The third-order valence-electron chi connectivity index (χ3n) is 2.50. The fourth-order valence-corrected chi connectivity index (χ4v) is 1.66. The third kappa shape index (κ3) is 2.42. The SMILES string of the molecule is CCCc1nnnn1-c1cc(F)c(F)cc1C(=O)O. The number of carbonyl (C=O) groups is 1. The van der Waals surface area contributed by atoms with Crippen molar-refractivity contribution in [2.75, 3.05) is 0 Å². The Bertz CT molecular complexity index is 627. The molecule has 0 aliphatic heterocycles. The molecule has 8 heteroatoms. The van der Waals surface area contributed by atoms with Crippen molar-refractivity contribution in [1.29, 1.82) is 0 Å². The maximum Gasteiger partial charge on any atom is 0.338 e. The molecule has 0 aliphatic carbocycles. The summed E-state index contributed by atoms with van der Waals surface area (Å²) in [5.74, 6) is -3.38. The van der Waals surface area contributed by atoms with E-state index in [1.54, 1.807) is 0 Å². The van der Waals surface area contributed by atoms with Crippen LogP contribution in [0.15, 0.2) is 12.1 Å². The Morgan fingerprint density at radius 2 is 2.05 bits per heavy atom. The van der Waals surface area contributed by atoms with Crippen LogP contribution in [0, 0.1) is 11.6 Å². The zero-order chi connectivity index (χ0) is 14.0. The van der Waals surface area contributed by atoms with Crippen LogP contribution in [-0.4, -0.2) is 31.3 Å². The van der Waals surface area contributed by atoms with Crippen LogP contribution >= 0.6 is 0 Å². The minimum atomic E-state index is -1.38. The number of rotatable bonds is 4. The molecule has 2 aromatic rings. The molecule has 0 fully saturated rings. The van der Waals surface area contributed by atoms with Gasteiger partial charge in [-0.3, -0.25) is 0 Å². The minimum Gasteiger partial charge on any atom is -0.478 e. The lowest BCUT2D eigenvalue weighted by molar-refractivity contribution is 0.0696. The summed E-state index contributed by atoms with van der Waals surface area (Å²) in [6, 6.07) is 1.39. The van der Waals surface area contributed by atoms with Gasteiger partial charge in [0.2, 0.25) is 0 Å². The second kappa shape index (κ2) is 5.09. The highest BCUT2D eigenvalue weighted by atomic mass is 19.2. The average molecular weight is 268 g/mol. The monoisotopic (exact) mass is 268 g/mol. The van der Waals surface area contributed by atoms with Crippen molar-refractivity contribution < 1.29 is 18.7 Å². The van der Waals surface area contributed by atoms with Crippen LogP contribution in [0.1, 0.15) is 29.5 Å². The number of tetrazole rings is 1. The summed E-state index contributed by atoms with van der Waals surface area (Å²) in [6.07, 6.45) is 1.22. The number of aromatic nitrogens is 4. The van der Waals surface area contributed by atoms with Crippen LogP contribution in [0.25, 0.3) is 5.69 Å². The van der Waals surface area contributed by atoms with E-state index in [1.165, 1.54) is 0 Å². The lowest BCUT2D eigenvalue weighted by atomic mass is 10.1. The van der Waals surface area contributed by atoms with E-state index in [2.05, 4.69) is 15.5 Å². The lowest BCUT2D eigenvalue weighted by Crippen LogP contribution is -2.11. The van der Waals surface area contributed by atoms with E-state index in [9.17, 15) is 13.6 Å². The van der Waals surface area contributed by atoms with Gasteiger partial charge in [-0.05, 0) is 22.9 Å². The number of hydrogen-bond acceptors (Lipinski definition) is 4. The molecular weight excluding hydrogens is 258 g/mol. The van der Waals surface area contributed by atoms with Gasteiger partial charge in [-0.2, -0.15) is 4.68 Å². The van der Waals surface area contributed by atoms with Crippen LogP contribution < -0.4 is 0 Å². The summed E-state index contributed by atoms with van der Waals surface area (Å²) in [7, 11) is 0. The topological polar surface area (TPSA) is 80.9 Å². The molecule has 1 aromatic carbocycles. The highest BCUT2D eigenvalue weighted by Gasteiger charge is 2.19. The largest absolute Gasteiger partial charge is 0.478 e. The number of carboxylic acids is 1. The second-order valence-corrected chi connectivity index (χ2v) is 3.85. The number of aryl methyl sites for hydroxylation is 1. The number of carboxylic acid groups (broad SMARTS) is 1. The second-order valence-electron chi connectivity index (χ2n) is 3.85. The molecule has 6 nitrogen and oxygen atoms in total. The molecule has 0 saturated heterocycles. The van der Waals surface area contributed by atoms with Crippen molar-refractivity contribution >= 4 is 5.97 Å². The molecular formula is C11H10F2N4O2. The van der Waals surface area contributed by atoms with E-state index >= 15 is 0 Å². The fraction of sp³-hybridized carbons (Fsp3) is 0.273. The number of nitrogens with zero attached hydrogens (tertiary/aromatic N) is 4. The summed E-state index contributed by atoms with van der Waals surface area (Å²) in [6.45, 7) is 1.89. The highest BCUT2D eigenvalue weighted by molar-refractivity contribution is 5.91. The van der Waals surface area contributed by atoms with Crippen molar-refractivity contribution in [2.45, 2.75) is 19.8 Å². The highest BCUT2D eigenvalue weighted by Crippen LogP contribution is 2.19. The number of halogens is 2. The normalized spacial score (nSPS) is 10.7. The number of aromatic carboxylic acids is 1. The first-order chi connectivity index (χ1) is 9.04. The molecule has 1 aromatic heterocycles. The zero-order valence-electron chi connectivity index (χ0n) is 9.97. The predicted molar refractivity (Wildman–Crippen MR) is 60.0 cm³/mol. The third-order valence-corrected chi connectivity index (χ3v) is 2.50. The molecule has 0 atom stereocenters. The van der Waals surface area contributed by atoms with Gasteiger partial charge >= 0.3 is 5.97 Å². The molecule has 0 bridgehead atoms. The van der Waals surface area contributed by atoms with Gasteiger partial charge in [0.15, 0.2) is 17.5 Å². The molecule has 0 radical (unpaired) electrons. The van der Waals surface area contributed by atoms with Gasteiger partial charge in [-0.25, -0.2) is 13.6 Å². The first kappa shape index (κ1) is 13.1. The van der Waals surface area contributed by atoms with Gasteiger partial charge < -0.3 is 5.11 Å². The smallest absolute Gasteiger partial charge is 0.338 e. The maximum absolute atomic E-state index is 13.3. The molecule has 0 saturated carbocycles. The Morgan fingerprint density at radius 3 is 2.68 bits per heavy atom. The summed E-state index contributed by atoms with van der Waals surface area (Å²) >= 11 is 0. The summed E-state index contributed by atoms with van der Waals surface area (Å²) in [5, 5.41) is 19.8. The van der Waals surface area contributed by atoms with Gasteiger partial charge in [-0.15, -0.1) is 5.10 Å². The molecule has 0 spiro atoms. The van der Waals surface area contributed by atoms with Crippen molar-refractivity contribution in [1.82, 2.24) is 20.2 Å². The molecule has 2 rings (SSSR count). The van der Waals surface area contributed by atoms with Crippen molar-refractivity contribution in [2.24, 2.45) is 0 Å². The van der Waals surface area contributed by atoms with Crippen LogP contribution in [-0.2, 0) is 6.42 Å². The molecule has 0 unspecified atom stereocenters. The summed E-state index contributed by atoms with van der Waals surface area (Å²) in [5.41, 5.74) is -0.497.